The third kappa shape index (κ3) is 4.07. The Morgan fingerprint density at radius 3 is 2.94 bits per heavy atom. The van der Waals surface area contributed by atoms with E-state index in [2.05, 4.69) is 5.32 Å². The van der Waals surface area contributed by atoms with Gasteiger partial charge in [0.1, 0.15) is 6.61 Å². The first-order valence-electron chi connectivity index (χ1n) is 5.87. The van der Waals surface area contributed by atoms with Crippen LogP contribution >= 0.6 is 0 Å². The molecule has 1 N–H and O–H groups in total. The molecule has 0 spiro atoms. The third-order valence-electron chi connectivity index (χ3n) is 2.77. The molecule has 0 unspecified atom stereocenters. The highest BCUT2D eigenvalue weighted by Gasteiger charge is 2.16. The van der Waals surface area contributed by atoms with Gasteiger partial charge in [-0.25, -0.2) is 4.79 Å². The number of carbonyl (C=O) groups excluding carboxylic acids is 1. The van der Waals surface area contributed by atoms with E-state index in [1.54, 1.807) is 0 Å². The summed E-state index contributed by atoms with van der Waals surface area (Å²) in [5.74, 6) is 0.430. The van der Waals surface area contributed by atoms with Crippen molar-refractivity contribution < 1.29 is 14.3 Å². The Morgan fingerprint density at radius 2 is 2.24 bits per heavy atom. The molecule has 1 aromatic carbocycles. The lowest BCUT2D eigenvalue weighted by Crippen LogP contribution is -2.29. The predicted octanol–water partition coefficient (Wildman–Crippen LogP) is 1.95. The van der Waals surface area contributed by atoms with Crippen molar-refractivity contribution in [2.24, 2.45) is 5.92 Å². The smallest absolute Gasteiger partial charge is 0.407 e. The highest BCUT2D eigenvalue weighted by atomic mass is 16.5. The van der Waals surface area contributed by atoms with Crippen LogP contribution in [0.15, 0.2) is 30.3 Å². The Hall–Kier alpha value is -1.55. The maximum atomic E-state index is 11.4. The lowest BCUT2D eigenvalue weighted by atomic mass is 10.1. The van der Waals surface area contributed by atoms with E-state index >= 15 is 0 Å². The van der Waals surface area contributed by atoms with Gasteiger partial charge >= 0.3 is 6.09 Å². The molecule has 2 rings (SSSR count). The monoisotopic (exact) mass is 235 g/mol. The van der Waals surface area contributed by atoms with Crippen molar-refractivity contribution in [3.8, 4) is 0 Å². The molecule has 0 bridgehead atoms. The van der Waals surface area contributed by atoms with E-state index in [-0.39, 0.29) is 6.09 Å². The molecule has 0 aromatic heterocycles. The van der Waals surface area contributed by atoms with Gasteiger partial charge in [-0.05, 0) is 12.0 Å². The normalized spacial score (nSPS) is 18.9. The summed E-state index contributed by atoms with van der Waals surface area (Å²) in [5, 5.41) is 2.75. The summed E-state index contributed by atoms with van der Waals surface area (Å²) >= 11 is 0. The van der Waals surface area contributed by atoms with Gasteiger partial charge in [-0.3, -0.25) is 0 Å². The zero-order chi connectivity index (χ0) is 11.9. The Bertz CT molecular complexity index is 347. The summed E-state index contributed by atoms with van der Waals surface area (Å²) in [6.07, 6.45) is 0.652. The highest BCUT2D eigenvalue weighted by molar-refractivity contribution is 5.67. The Labute approximate surface area is 101 Å². The van der Waals surface area contributed by atoms with E-state index in [0.717, 1.165) is 25.2 Å². The molecule has 1 aliphatic heterocycles. The van der Waals surface area contributed by atoms with E-state index in [1.807, 2.05) is 30.3 Å². The molecule has 1 aliphatic rings. The van der Waals surface area contributed by atoms with Gasteiger partial charge in [0.15, 0.2) is 0 Å². The van der Waals surface area contributed by atoms with Gasteiger partial charge in [0.05, 0.1) is 6.61 Å². The van der Waals surface area contributed by atoms with Crippen molar-refractivity contribution in [3.05, 3.63) is 35.9 Å². The molecule has 0 radical (unpaired) electrons. The van der Waals surface area contributed by atoms with Crippen LogP contribution in [0, 0.1) is 5.92 Å². The van der Waals surface area contributed by atoms with Crippen molar-refractivity contribution in [2.75, 3.05) is 19.8 Å². The fraction of sp³-hybridized carbons (Fsp3) is 0.462. The summed E-state index contributed by atoms with van der Waals surface area (Å²) < 4.78 is 10.3. The summed E-state index contributed by atoms with van der Waals surface area (Å²) in [7, 11) is 0. The molecule has 0 aliphatic carbocycles. The van der Waals surface area contributed by atoms with Gasteiger partial charge < -0.3 is 14.8 Å². The minimum Gasteiger partial charge on any atom is -0.445 e. The van der Waals surface area contributed by atoms with E-state index in [9.17, 15) is 4.79 Å². The van der Waals surface area contributed by atoms with E-state index < -0.39 is 0 Å². The van der Waals surface area contributed by atoms with Crippen LogP contribution in [-0.4, -0.2) is 25.9 Å². The third-order valence-corrected chi connectivity index (χ3v) is 2.77. The summed E-state index contributed by atoms with van der Waals surface area (Å²) in [6.45, 7) is 2.48. The van der Waals surface area contributed by atoms with Gasteiger partial charge in [-0.2, -0.15) is 0 Å². The van der Waals surface area contributed by atoms with Crippen molar-refractivity contribution in [2.45, 2.75) is 13.0 Å². The molecule has 92 valence electrons. The average molecular weight is 235 g/mol. The first kappa shape index (κ1) is 11.9. The Kier molecular flexibility index (Phi) is 4.38. The van der Waals surface area contributed by atoms with Crippen LogP contribution in [-0.2, 0) is 16.1 Å². The van der Waals surface area contributed by atoms with E-state index in [4.69, 9.17) is 9.47 Å². The second-order valence-electron chi connectivity index (χ2n) is 4.17. The van der Waals surface area contributed by atoms with Crippen LogP contribution in [0.3, 0.4) is 0 Å². The fourth-order valence-corrected chi connectivity index (χ4v) is 1.75. The molecule has 1 atom stereocenters. The standard InChI is InChI=1S/C13H17NO3/c15-13(14-8-12-6-7-16-9-12)17-10-11-4-2-1-3-5-11/h1-5,12H,6-10H2,(H,14,15)/t12-/m1/s1. The topological polar surface area (TPSA) is 47.6 Å². The second-order valence-corrected chi connectivity index (χ2v) is 4.17. The number of ether oxygens (including phenoxy) is 2. The molecular weight excluding hydrogens is 218 g/mol. The minimum atomic E-state index is -0.360. The van der Waals surface area contributed by atoms with Crippen LogP contribution in [0.25, 0.3) is 0 Å². The number of benzene rings is 1. The average Bonchev–Trinajstić information content (AvgIpc) is 2.88. The summed E-state index contributed by atoms with van der Waals surface area (Å²) in [4.78, 5) is 11.4. The molecule has 1 amide bonds. The van der Waals surface area contributed by atoms with E-state index in [1.165, 1.54) is 0 Å². The quantitative estimate of drug-likeness (QED) is 0.867. The SMILES string of the molecule is O=C(NC[C@H]1CCOC1)OCc1ccccc1. The largest absolute Gasteiger partial charge is 0.445 e. The van der Waals surface area contributed by atoms with E-state index in [0.29, 0.717) is 19.1 Å². The number of nitrogens with one attached hydrogen (secondary N) is 1. The number of amides is 1. The number of carbonyl (C=O) groups is 1. The zero-order valence-electron chi connectivity index (χ0n) is 9.72. The Balaban J connectivity index is 1.64. The molecule has 0 saturated carbocycles. The molecule has 4 nitrogen and oxygen atoms in total. The van der Waals surface area contributed by atoms with Gasteiger partial charge in [0.25, 0.3) is 0 Å². The maximum absolute atomic E-state index is 11.4. The van der Waals surface area contributed by atoms with Crippen molar-refractivity contribution in [1.82, 2.24) is 5.32 Å². The minimum absolute atomic E-state index is 0.313. The van der Waals surface area contributed by atoms with Gasteiger partial charge in [-0.15, -0.1) is 0 Å². The lowest BCUT2D eigenvalue weighted by Gasteiger charge is -2.10. The van der Waals surface area contributed by atoms with Crippen LogP contribution < -0.4 is 5.32 Å². The first-order valence-corrected chi connectivity index (χ1v) is 5.87. The number of hydrogen-bond donors (Lipinski definition) is 1. The van der Waals surface area contributed by atoms with Crippen molar-refractivity contribution in [1.29, 1.82) is 0 Å². The maximum Gasteiger partial charge on any atom is 0.407 e. The number of alkyl carbamates (subject to hydrolysis) is 1. The van der Waals surface area contributed by atoms with Gasteiger partial charge in [0, 0.05) is 19.1 Å². The molecular formula is C13H17NO3. The molecule has 1 aromatic rings. The molecule has 4 heteroatoms. The van der Waals surface area contributed by atoms with Crippen LogP contribution in [0.5, 0.6) is 0 Å². The van der Waals surface area contributed by atoms with Crippen LogP contribution in [0.4, 0.5) is 4.79 Å². The molecule has 1 heterocycles. The second kappa shape index (κ2) is 6.25. The first-order chi connectivity index (χ1) is 8.34. The lowest BCUT2D eigenvalue weighted by molar-refractivity contribution is 0.136. The van der Waals surface area contributed by atoms with Gasteiger partial charge in [-0.1, -0.05) is 30.3 Å². The highest BCUT2D eigenvalue weighted by Crippen LogP contribution is 2.10. The summed E-state index contributed by atoms with van der Waals surface area (Å²) in [6, 6.07) is 9.64. The molecule has 17 heavy (non-hydrogen) atoms. The van der Waals surface area contributed by atoms with Crippen molar-refractivity contribution >= 4 is 6.09 Å². The number of rotatable bonds is 4. The molecule has 1 fully saturated rings. The summed E-state index contributed by atoms with van der Waals surface area (Å²) in [5.41, 5.74) is 0.992. The van der Waals surface area contributed by atoms with Crippen LogP contribution in [0.1, 0.15) is 12.0 Å². The van der Waals surface area contributed by atoms with Crippen molar-refractivity contribution in [3.63, 3.8) is 0 Å². The van der Waals surface area contributed by atoms with Crippen LogP contribution in [0.2, 0.25) is 0 Å². The molecule has 1 saturated heterocycles. The number of hydrogen-bond acceptors (Lipinski definition) is 3. The van der Waals surface area contributed by atoms with Gasteiger partial charge in [0.2, 0.25) is 0 Å². The Morgan fingerprint density at radius 1 is 1.41 bits per heavy atom. The zero-order valence-corrected chi connectivity index (χ0v) is 9.72. The predicted molar refractivity (Wildman–Crippen MR) is 63.6 cm³/mol. The fourth-order valence-electron chi connectivity index (χ4n) is 1.75.